The highest BCUT2D eigenvalue weighted by molar-refractivity contribution is 5.89. The van der Waals surface area contributed by atoms with Gasteiger partial charge in [0.25, 0.3) is 0 Å². The van der Waals surface area contributed by atoms with Crippen LogP contribution in [0, 0.1) is 5.92 Å². The van der Waals surface area contributed by atoms with Crippen molar-refractivity contribution in [2.45, 2.75) is 32.2 Å². The molecular formula is C17H26N2O4. The van der Waals surface area contributed by atoms with Crippen molar-refractivity contribution in [2.24, 2.45) is 5.92 Å². The van der Waals surface area contributed by atoms with Crippen molar-refractivity contribution in [3.8, 4) is 11.5 Å². The number of methoxy groups -OCH3 is 2. The lowest BCUT2D eigenvalue weighted by atomic mass is 10.1. The van der Waals surface area contributed by atoms with E-state index in [1.165, 1.54) is 12.8 Å². The summed E-state index contributed by atoms with van der Waals surface area (Å²) in [5.74, 6) is 1.73. The number of ether oxygens (including phenoxy) is 3. The predicted octanol–water partition coefficient (Wildman–Crippen LogP) is 3.03. The molecule has 0 bridgehead atoms. The van der Waals surface area contributed by atoms with E-state index in [4.69, 9.17) is 14.2 Å². The molecule has 128 valence electrons. The van der Waals surface area contributed by atoms with Crippen molar-refractivity contribution in [2.75, 3.05) is 32.8 Å². The van der Waals surface area contributed by atoms with E-state index >= 15 is 0 Å². The van der Waals surface area contributed by atoms with E-state index < -0.39 is 0 Å². The summed E-state index contributed by atoms with van der Waals surface area (Å²) in [5.41, 5.74) is 0.668. The molecule has 0 spiro atoms. The highest BCUT2D eigenvalue weighted by atomic mass is 16.5. The summed E-state index contributed by atoms with van der Waals surface area (Å²) >= 11 is 0. The Morgan fingerprint density at radius 3 is 2.70 bits per heavy atom. The average molecular weight is 322 g/mol. The number of carbonyl (C=O) groups excluding carboxylic acids is 1. The highest BCUT2D eigenvalue weighted by Gasteiger charge is 2.24. The lowest BCUT2D eigenvalue weighted by Gasteiger charge is -2.18. The molecule has 0 radical (unpaired) electrons. The van der Waals surface area contributed by atoms with Crippen LogP contribution in [0.25, 0.3) is 0 Å². The van der Waals surface area contributed by atoms with Crippen LogP contribution in [0.3, 0.4) is 0 Å². The quantitative estimate of drug-likeness (QED) is 0.757. The first-order chi connectivity index (χ1) is 11.1. The van der Waals surface area contributed by atoms with E-state index in [1.54, 1.807) is 32.4 Å². The number of benzene rings is 1. The van der Waals surface area contributed by atoms with Crippen LogP contribution in [0.15, 0.2) is 18.2 Å². The van der Waals surface area contributed by atoms with Crippen molar-refractivity contribution < 1.29 is 19.0 Å². The molecule has 1 saturated carbocycles. The molecule has 1 aliphatic rings. The Balaban J connectivity index is 1.95. The smallest absolute Gasteiger partial charge is 0.319 e. The van der Waals surface area contributed by atoms with Gasteiger partial charge in [0.15, 0.2) is 11.5 Å². The summed E-state index contributed by atoms with van der Waals surface area (Å²) in [5, 5.41) is 5.89. The topological polar surface area (TPSA) is 68.8 Å². The summed E-state index contributed by atoms with van der Waals surface area (Å²) in [6, 6.07) is 5.39. The summed E-state index contributed by atoms with van der Waals surface area (Å²) in [6.45, 7) is 3.08. The summed E-state index contributed by atoms with van der Waals surface area (Å²) < 4.78 is 15.9. The van der Waals surface area contributed by atoms with E-state index in [1.807, 2.05) is 0 Å². The minimum absolute atomic E-state index is 0.184. The van der Waals surface area contributed by atoms with E-state index in [0.29, 0.717) is 36.3 Å². The van der Waals surface area contributed by atoms with Gasteiger partial charge in [-0.05, 0) is 30.9 Å². The lowest BCUT2D eigenvalue weighted by Crippen LogP contribution is -2.39. The molecule has 6 heteroatoms. The van der Waals surface area contributed by atoms with Crippen molar-refractivity contribution in [3.05, 3.63) is 18.2 Å². The highest BCUT2D eigenvalue weighted by Crippen LogP contribution is 2.30. The third-order valence-electron chi connectivity index (χ3n) is 4.14. The van der Waals surface area contributed by atoms with Crippen LogP contribution in [-0.2, 0) is 4.74 Å². The number of rotatable bonds is 7. The minimum Gasteiger partial charge on any atom is -0.493 e. The van der Waals surface area contributed by atoms with Crippen LogP contribution < -0.4 is 20.1 Å². The maximum atomic E-state index is 12.1. The van der Waals surface area contributed by atoms with Gasteiger partial charge in [0.05, 0.1) is 13.7 Å². The Kier molecular flexibility index (Phi) is 6.52. The van der Waals surface area contributed by atoms with Crippen LogP contribution in [0.1, 0.15) is 26.2 Å². The van der Waals surface area contributed by atoms with Crippen molar-refractivity contribution in [1.82, 2.24) is 5.32 Å². The molecule has 23 heavy (non-hydrogen) atoms. The molecule has 1 aromatic rings. The van der Waals surface area contributed by atoms with Gasteiger partial charge in [-0.1, -0.05) is 13.3 Å². The fourth-order valence-corrected chi connectivity index (χ4v) is 2.80. The molecule has 1 fully saturated rings. The maximum Gasteiger partial charge on any atom is 0.319 e. The van der Waals surface area contributed by atoms with Crippen LogP contribution in [-0.4, -0.2) is 39.5 Å². The summed E-state index contributed by atoms with van der Waals surface area (Å²) in [7, 11) is 3.20. The molecule has 2 N–H and O–H groups in total. The first-order valence-corrected chi connectivity index (χ1v) is 8.01. The zero-order chi connectivity index (χ0) is 16.7. The Labute approximate surface area is 137 Å². The predicted molar refractivity (Wildman–Crippen MR) is 89.3 cm³/mol. The molecule has 0 unspecified atom stereocenters. The average Bonchev–Trinajstić information content (AvgIpc) is 2.93. The Hall–Kier alpha value is -1.95. The van der Waals surface area contributed by atoms with E-state index in [2.05, 4.69) is 17.6 Å². The van der Waals surface area contributed by atoms with Gasteiger partial charge in [0.2, 0.25) is 0 Å². The number of carbonyl (C=O) groups is 1. The monoisotopic (exact) mass is 322 g/mol. The first-order valence-electron chi connectivity index (χ1n) is 8.01. The molecule has 2 atom stereocenters. The standard InChI is InChI=1S/C17H26N2O4/c1-12-5-4-6-14(12)19-17(20)18-13-7-8-15(22-3)16(11-13)23-10-9-21-2/h7-8,11-12,14H,4-6,9-10H2,1-3H3,(H2,18,19,20)/t12-,14-/m1/s1. The normalized spacial score (nSPS) is 20.1. The third kappa shape index (κ3) is 5.03. The fourth-order valence-electron chi connectivity index (χ4n) is 2.80. The van der Waals surface area contributed by atoms with Gasteiger partial charge in [0, 0.05) is 24.9 Å². The number of amides is 2. The molecule has 0 heterocycles. The van der Waals surface area contributed by atoms with E-state index in [0.717, 1.165) is 6.42 Å². The molecule has 2 amide bonds. The molecule has 1 aromatic carbocycles. The Morgan fingerprint density at radius 1 is 1.22 bits per heavy atom. The first kappa shape index (κ1) is 17.4. The van der Waals surface area contributed by atoms with Crippen molar-refractivity contribution >= 4 is 11.7 Å². The molecular weight excluding hydrogens is 296 g/mol. The lowest BCUT2D eigenvalue weighted by molar-refractivity contribution is 0.144. The van der Waals surface area contributed by atoms with Crippen LogP contribution in [0.5, 0.6) is 11.5 Å². The van der Waals surface area contributed by atoms with Gasteiger partial charge in [-0.2, -0.15) is 0 Å². The summed E-state index contributed by atoms with van der Waals surface area (Å²) in [4.78, 5) is 12.1. The van der Waals surface area contributed by atoms with E-state index in [9.17, 15) is 4.79 Å². The van der Waals surface area contributed by atoms with Gasteiger partial charge in [-0.3, -0.25) is 0 Å². The third-order valence-corrected chi connectivity index (χ3v) is 4.14. The largest absolute Gasteiger partial charge is 0.493 e. The van der Waals surface area contributed by atoms with Crippen molar-refractivity contribution in [1.29, 1.82) is 0 Å². The fraction of sp³-hybridized carbons (Fsp3) is 0.588. The van der Waals surface area contributed by atoms with Crippen molar-refractivity contribution in [3.63, 3.8) is 0 Å². The number of nitrogens with one attached hydrogen (secondary N) is 2. The molecule has 0 saturated heterocycles. The maximum absolute atomic E-state index is 12.1. The van der Waals surface area contributed by atoms with Gasteiger partial charge in [0.1, 0.15) is 6.61 Å². The Morgan fingerprint density at radius 2 is 2.04 bits per heavy atom. The van der Waals surface area contributed by atoms with Gasteiger partial charge >= 0.3 is 6.03 Å². The van der Waals surface area contributed by atoms with Crippen LogP contribution >= 0.6 is 0 Å². The number of hydrogen-bond acceptors (Lipinski definition) is 4. The second kappa shape index (κ2) is 8.62. The van der Waals surface area contributed by atoms with Gasteiger partial charge in [-0.25, -0.2) is 4.79 Å². The van der Waals surface area contributed by atoms with Gasteiger partial charge < -0.3 is 24.8 Å². The number of hydrogen-bond donors (Lipinski definition) is 2. The number of urea groups is 1. The Bertz CT molecular complexity index is 521. The molecule has 6 nitrogen and oxygen atoms in total. The molecule has 2 rings (SSSR count). The molecule has 0 aromatic heterocycles. The molecule has 1 aliphatic carbocycles. The zero-order valence-corrected chi connectivity index (χ0v) is 14.1. The minimum atomic E-state index is -0.184. The van der Waals surface area contributed by atoms with Crippen LogP contribution in [0.2, 0.25) is 0 Å². The SMILES string of the molecule is COCCOc1cc(NC(=O)N[C@@H]2CCC[C@H]2C)ccc1OC. The van der Waals surface area contributed by atoms with Crippen LogP contribution in [0.4, 0.5) is 10.5 Å². The zero-order valence-electron chi connectivity index (χ0n) is 14.1. The summed E-state index contributed by atoms with van der Waals surface area (Å²) in [6.07, 6.45) is 3.39. The molecule has 0 aliphatic heterocycles. The van der Waals surface area contributed by atoms with E-state index in [-0.39, 0.29) is 12.1 Å². The second-order valence-electron chi connectivity index (χ2n) is 5.82. The van der Waals surface area contributed by atoms with Gasteiger partial charge in [-0.15, -0.1) is 0 Å². The second-order valence-corrected chi connectivity index (χ2v) is 5.82. The number of anilines is 1.